The highest BCUT2D eigenvalue weighted by atomic mass is 16.5. The minimum Gasteiger partial charge on any atom is -0.383 e. The lowest BCUT2D eigenvalue weighted by Gasteiger charge is -2.20. The molecule has 1 atom stereocenters. The molecular weight excluding hydrogens is 340 g/mol. The molecule has 2 aromatic carbocycles. The van der Waals surface area contributed by atoms with E-state index < -0.39 is 0 Å². The highest BCUT2D eigenvalue weighted by Gasteiger charge is 2.16. The van der Waals surface area contributed by atoms with Crippen LogP contribution in [0.5, 0.6) is 0 Å². The fourth-order valence-corrected chi connectivity index (χ4v) is 2.83. The second-order valence-corrected chi connectivity index (χ2v) is 6.77. The van der Waals surface area contributed by atoms with Gasteiger partial charge in [0.05, 0.1) is 6.61 Å². The fraction of sp³-hybridized carbons (Fsp3) is 0.364. The third kappa shape index (κ3) is 5.41. The molecule has 0 spiro atoms. The van der Waals surface area contributed by atoms with Crippen molar-refractivity contribution < 1.29 is 14.3 Å². The van der Waals surface area contributed by atoms with Gasteiger partial charge in [0, 0.05) is 37.9 Å². The number of nitrogens with zero attached hydrogens (tertiary/aromatic N) is 1. The summed E-state index contributed by atoms with van der Waals surface area (Å²) in [4.78, 5) is 26.5. The van der Waals surface area contributed by atoms with E-state index in [1.165, 1.54) is 5.56 Å². The molecule has 0 heterocycles. The molecule has 0 aliphatic heterocycles. The van der Waals surface area contributed by atoms with E-state index in [1.54, 1.807) is 25.1 Å². The molecule has 0 saturated heterocycles. The van der Waals surface area contributed by atoms with Crippen LogP contribution in [-0.2, 0) is 9.53 Å². The molecule has 0 aliphatic carbocycles. The summed E-state index contributed by atoms with van der Waals surface area (Å²) in [5, 5.41) is 2.93. The van der Waals surface area contributed by atoms with Gasteiger partial charge in [-0.1, -0.05) is 36.8 Å². The van der Waals surface area contributed by atoms with Crippen molar-refractivity contribution in [1.29, 1.82) is 0 Å². The number of hydrogen-bond donors (Lipinski definition) is 1. The average Bonchev–Trinajstić information content (AvgIpc) is 2.67. The van der Waals surface area contributed by atoms with Crippen molar-refractivity contribution in [3.63, 3.8) is 0 Å². The number of anilines is 1. The van der Waals surface area contributed by atoms with E-state index in [1.807, 2.05) is 57.2 Å². The summed E-state index contributed by atoms with van der Waals surface area (Å²) in [5.74, 6) is -0.192. The van der Waals surface area contributed by atoms with E-state index in [4.69, 9.17) is 4.74 Å². The third-order valence-corrected chi connectivity index (χ3v) is 4.42. The SMILES string of the molecule is CCC(=O)N(C)c1cc(C(=O)NC(C)COC)cc(-c2ccc(C)cc2)c1. The first-order valence-electron chi connectivity index (χ1n) is 9.14. The van der Waals surface area contributed by atoms with Crippen LogP contribution in [0.1, 0.15) is 36.2 Å². The molecule has 5 heteroatoms. The molecule has 2 aromatic rings. The number of aryl methyl sites for hydroxylation is 1. The molecule has 0 fully saturated rings. The standard InChI is InChI=1S/C22H28N2O3/c1-6-21(25)24(4)20-12-18(17-9-7-15(2)8-10-17)11-19(13-20)22(26)23-16(3)14-27-5/h7-13,16H,6,14H2,1-5H3,(H,23,26). The number of methoxy groups -OCH3 is 1. The van der Waals surface area contributed by atoms with Gasteiger partial charge < -0.3 is 15.0 Å². The predicted molar refractivity (Wildman–Crippen MR) is 109 cm³/mol. The smallest absolute Gasteiger partial charge is 0.251 e. The number of amides is 2. The number of hydrogen-bond acceptors (Lipinski definition) is 3. The summed E-state index contributed by atoms with van der Waals surface area (Å²) >= 11 is 0. The fourth-order valence-electron chi connectivity index (χ4n) is 2.83. The number of benzene rings is 2. The molecular formula is C22H28N2O3. The van der Waals surface area contributed by atoms with Crippen molar-refractivity contribution in [2.75, 3.05) is 25.7 Å². The van der Waals surface area contributed by atoms with Gasteiger partial charge in [-0.2, -0.15) is 0 Å². The van der Waals surface area contributed by atoms with Crippen LogP contribution in [-0.4, -0.2) is 38.6 Å². The number of rotatable bonds is 7. The Balaban J connectivity index is 2.45. The molecule has 0 aromatic heterocycles. The van der Waals surface area contributed by atoms with E-state index in [2.05, 4.69) is 5.32 Å². The van der Waals surface area contributed by atoms with Gasteiger partial charge in [-0.15, -0.1) is 0 Å². The number of carbonyl (C=O) groups excluding carboxylic acids is 2. The van der Waals surface area contributed by atoms with Crippen LogP contribution in [0.25, 0.3) is 11.1 Å². The van der Waals surface area contributed by atoms with Gasteiger partial charge in [0.1, 0.15) is 0 Å². The molecule has 144 valence electrons. The summed E-state index contributed by atoms with van der Waals surface area (Å²) in [6.45, 7) is 6.18. The summed E-state index contributed by atoms with van der Waals surface area (Å²) in [7, 11) is 3.33. The number of nitrogens with one attached hydrogen (secondary N) is 1. The van der Waals surface area contributed by atoms with Crippen LogP contribution in [0.3, 0.4) is 0 Å². The van der Waals surface area contributed by atoms with Crippen molar-refractivity contribution in [2.24, 2.45) is 0 Å². The zero-order chi connectivity index (χ0) is 20.0. The maximum atomic E-state index is 12.7. The molecule has 27 heavy (non-hydrogen) atoms. The largest absolute Gasteiger partial charge is 0.383 e. The topological polar surface area (TPSA) is 58.6 Å². The van der Waals surface area contributed by atoms with Crippen molar-refractivity contribution in [1.82, 2.24) is 5.32 Å². The zero-order valence-corrected chi connectivity index (χ0v) is 16.7. The van der Waals surface area contributed by atoms with E-state index >= 15 is 0 Å². The quantitative estimate of drug-likeness (QED) is 0.809. The summed E-state index contributed by atoms with van der Waals surface area (Å²) < 4.78 is 5.08. The van der Waals surface area contributed by atoms with Gasteiger partial charge in [0.2, 0.25) is 5.91 Å². The molecule has 2 amide bonds. The van der Waals surface area contributed by atoms with E-state index in [0.29, 0.717) is 24.3 Å². The molecule has 2 rings (SSSR count). The predicted octanol–water partition coefficient (Wildman–Crippen LogP) is 3.80. The van der Waals surface area contributed by atoms with Gasteiger partial charge in [0.15, 0.2) is 0 Å². The Bertz CT molecular complexity index is 800. The van der Waals surface area contributed by atoms with Crippen LogP contribution < -0.4 is 10.2 Å². The van der Waals surface area contributed by atoms with Crippen molar-refractivity contribution >= 4 is 17.5 Å². The van der Waals surface area contributed by atoms with Crippen LogP contribution in [0.15, 0.2) is 42.5 Å². The van der Waals surface area contributed by atoms with E-state index in [-0.39, 0.29) is 17.9 Å². The summed E-state index contributed by atoms with van der Waals surface area (Å²) in [6.07, 6.45) is 0.400. The van der Waals surface area contributed by atoms with Crippen LogP contribution in [0.2, 0.25) is 0 Å². The maximum Gasteiger partial charge on any atom is 0.251 e. The minimum absolute atomic E-state index is 0.00448. The maximum absolute atomic E-state index is 12.7. The van der Waals surface area contributed by atoms with Crippen LogP contribution in [0.4, 0.5) is 5.69 Å². The Labute approximate surface area is 161 Å². The first-order chi connectivity index (χ1) is 12.8. The number of ether oxygens (including phenoxy) is 1. The highest BCUT2D eigenvalue weighted by molar-refractivity contribution is 5.99. The monoisotopic (exact) mass is 368 g/mol. The molecule has 1 N–H and O–H groups in total. The Morgan fingerprint density at radius 1 is 1.11 bits per heavy atom. The van der Waals surface area contributed by atoms with E-state index in [9.17, 15) is 9.59 Å². The Morgan fingerprint density at radius 2 is 1.78 bits per heavy atom. The first kappa shape index (κ1) is 20.6. The van der Waals surface area contributed by atoms with E-state index in [0.717, 1.165) is 11.1 Å². The highest BCUT2D eigenvalue weighted by Crippen LogP contribution is 2.27. The van der Waals surface area contributed by atoms with Gasteiger partial charge >= 0.3 is 0 Å². The Morgan fingerprint density at radius 3 is 2.37 bits per heavy atom. The van der Waals surface area contributed by atoms with Gasteiger partial charge in [-0.3, -0.25) is 9.59 Å². The number of carbonyl (C=O) groups is 2. The summed E-state index contributed by atoms with van der Waals surface area (Å²) in [6, 6.07) is 13.5. The Kier molecular flexibility index (Phi) is 7.13. The van der Waals surface area contributed by atoms with Crippen LogP contribution >= 0.6 is 0 Å². The molecule has 0 aliphatic rings. The molecule has 0 saturated carbocycles. The lowest BCUT2D eigenvalue weighted by atomic mass is 10.00. The Hall–Kier alpha value is -2.66. The molecule has 5 nitrogen and oxygen atoms in total. The second kappa shape index (κ2) is 9.33. The minimum atomic E-state index is -0.188. The van der Waals surface area contributed by atoms with Gasteiger partial charge in [0.25, 0.3) is 5.91 Å². The normalized spacial score (nSPS) is 11.7. The van der Waals surface area contributed by atoms with Gasteiger partial charge in [-0.05, 0) is 43.2 Å². The lowest BCUT2D eigenvalue weighted by Crippen LogP contribution is -2.35. The third-order valence-electron chi connectivity index (χ3n) is 4.42. The molecule has 0 radical (unpaired) electrons. The van der Waals surface area contributed by atoms with Crippen molar-refractivity contribution in [2.45, 2.75) is 33.2 Å². The molecule has 1 unspecified atom stereocenters. The summed E-state index contributed by atoms with van der Waals surface area (Å²) in [5.41, 5.74) is 4.28. The average molecular weight is 368 g/mol. The van der Waals surface area contributed by atoms with Crippen molar-refractivity contribution in [3.8, 4) is 11.1 Å². The van der Waals surface area contributed by atoms with Crippen molar-refractivity contribution in [3.05, 3.63) is 53.6 Å². The van der Waals surface area contributed by atoms with Crippen LogP contribution in [0, 0.1) is 6.92 Å². The first-order valence-corrected chi connectivity index (χ1v) is 9.14. The van der Waals surface area contributed by atoms with Gasteiger partial charge in [-0.25, -0.2) is 0 Å². The lowest BCUT2D eigenvalue weighted by molar-refractivity contribution is -0.118. The second-order valence-electron chi connectivity index (χ2n) is 6.77. The molecule has 0 bridgehead atoms. The zero-order valence-electron chi connectivity index (χ0n) is 16.7.